The van der Waals surface area contributed by atoms with Crippen molar-refractivity contribution in [2.75, 3.05) is 0 Å². The quantitative estimate of drug-likeness (QED) is 0.480. The molecule has 124 valence electrons. The molecule has 0 unspecified atom stereocenters. The summed E-state index contributed by atoms with van der Waals surface area (Å²) in [5, 5.41) is 14.5. The summed E-state index contributed by atoms with van der Waals surface area (Å²) in [6.07, 6.45) is 0. The number of fused-ring (bicyclic) bond motifs is 1. The van der Waals surface area contributed by atoms with Crippen molar-refractivity contribution in [3.8, 4) is 11.4 Å². The van der Waals surface area contributed by atoms with Gasteiger partial charge in [0.25, 0.3) is 0 Å². The van der Waals surface area contributed by atoms with E-state index in [1.807, 2.05) is 36.4 Å². The first-order valence-corrected chi connectivity index (χ1v) is 8.91. The number of benzene rings is 2. The van der Waals surface area contributed by atoms with Crippen LogP contribution in [0, 0.1) is 5.82 Å². The number of hydrogen-bond donors (Lipinski definition) is 0. The van der Waals surface area contributed by atoms with Crippen LogP contribution in [0.15, 0.2) is 65.7 Å². The molecule has 2 aromatic heterocycles. The summed E-state index contributed by atoms with van der Waals surface area (Å²) >= 11 is 7.52. The van der Waals surface area contributed by atoms with Crippen molar-refractivity contribution in [2.45, 2.75) is 10.8 Å². The molecule has 0 aliphatic rings. The molecular formula is C18H12ClFN4S. The van der Waals surface area contributed by atoms with Crippen molar-refractivity contribution in [1.29, 1.82) is 0 Å². The van der Waals surface area contributed by atoms with Crippen LogP contribution in [-0.4, -0.2) is 19.8 Å². The maximum Gasteiger partial charge on any atom is 0.185 e. The Morgan fingerprint density at radius 1 is 0.920 bits per heavy atom. The molecule has 25 heavy (non-hydrogen) atoms. The molecule has 0 saturated heterocycles. The van der Waals surface area contributed by atoms with Crippen LogP contribution in [0.25, 0.3) is 17.0 Å². The second-order valence-corrected chi connectivity index (χ2v) is 6.82. The minimum atomic E-state index is -0.287. The Hall–Kier alpha value is -2.44. The lowest BCUT2D eigenvalue weighted by molar-refractivity contribution is 0.628. The van der Waals surface area contributed by atoms with Gasteiger partial charge in [-0.3, -0.25) is 0 Å². The smallest absolute Gasteiger partial charge is 0.185 e. The highest BCUT2D eigenvalue weighted by molar-refractivity contribution is 7.98. The maximum absolute atomic E-state index is 13.1. The van der Waals surface area contributed by atoms with E-state index in [0.717, 1.165) is 21.4 Å². The summed E-state index contributed by atoms with van der Waals surface area (Å²) in [5.41, 5.74) is 2.58. The fraction of sp³-hybridized carbons (Fsp3) is 0.0556. The molecular weight excluding hydrogens is 359 g/mol. The van der Waals surface area contributed by atoms with E-state index in [4.69, 9.17) is 11.6 Å². The van der Waals surface area contributed by atoms with E-state index in [-0.39, 0.29) is 5.82 Å². The summed E-state index contributed by atoms with van der Waals surface area (Å²) in [4.78, 5) is 0. The standard InChI is InChI=1S/C18H12ClFN4S/c19-14-5-1-12(2-6-14)11-25-17-10-9-16-21-22-18(24(16)23-17)13-3-7-15(20)8-4-13/h1-10H,11H2. The Morgan fingerprint density at radius 2 is 1.68 bits per heavy atom. The Bertz CT molecular complexity index is 1020. The Morgan fingerprint density at radius 3 is 2.44 bits per heavy atom. The first-order valence-electron chi connectivity index (χ1n) is 7.55. The van der Waals surface area contributed by atoms with Gasteiger partial charge in [0.1, 0.15) is 10.8 Å². The highest BCUT2D eigenvalue weighted by Crippen LogP contribution is 2.24. The molecule has 0 atom stereocenters. The maximum atomic E-state index is 13.1. The Labute approximate surface area is 152 Å². The molecule has 0 saturated carbocycles. The second-order valence-electron chi connectivity index (χ2n) is 5.39. The predicted molar refractivity (Wildman–Crippen MR) is 97.2 cm³/mol. The van der Waals surface area contributed by atoms with Crippen molar-refractivity contribution in [2.24, 2.45) is 0 Å². The van der Waals surface area contributed by atoms with Gasteiger partial charge in [0.2, 0.25) is 0 Å². The molecule has 4 nitrogen and oxygen atoms in total. The van der Waals surface area contributed by atoms with Gasteiger partial charge in [-0.1, -0.05) is 35.5 Å². The van der Waals surface area contributed by atoms with Crippen LogP contribution in [0.2, 0.25) is 5.02 Å². The second kappa shape index (κ2) is 6.82. The first kappa shape index (κ1) is 16.1. The lowest BCUT2D eigenvalue weighted by atomic mass is 10.2. The van der Waals surface area contributed by atoms with Crippen LogP contribution in [0.1, 0.15) is 5.56 Å². The fourth-order valence-corrected chi connectivity index (χ4v) is 3.30. The summed E-state index contributed by atoms with van der Waals surface area (Å²) in [5.74, 6) is 1.08. The molecule has 0 radical (unpaired) electrons. The van der Waals surface area contributed by atoms with E-state index >= 15 is 0 Å². The van der Waals surface area contributed by atoms with E-state index in [2.05, 4.69) is 15.3 Å². The van der Waals surface area contributed by atoms with Gasteiger partial charge in [-0.25, -0.2) is 4.39 Å². The van der Waals surface area contributed by atoms with Gasteiger partial charge in [0, 0.05) is 16.3 Å². The normalized spacial score (nSPS) is 11.1. The monoisotopic (exact) mass is 370 g/mol. The lowest BCUT2D eigenvalue weighted by Crippen LogP contribution is -1.96. The topological polar surface area (TPSA) is 43.1 Å². The molecule has 2 aromatic carbocycles. The van der Waals surface area contributed by atoms with E-state index in [1.165, 1.54) is 17.7 Å². The zero-order valence-corrected chi connectivity index (χ0v) is 14.5. The predicted octanol–water partition coefficient (Wildman–Crippen LogP) is 4.88. The number of thioether (sulfide) groups is 1. The van der Waals surface area contributed by atoms with Crippen molar-refractivity contribution in [1.82, 2.24) is 19.8 Å². The van der Waals surface area contributed by atoms with Crippen molar-refractivity contribution in [3.63, 3.8) is 0 Å². The summed E-state index contributed by atoms with van der Waals surface area (Å²) in [6, 6.07) is 17.7. The molecule has 0 amide bonds. The first-order chi connectivity index (χ1) is 12.2. The van der Waals surface area contributed by atoms with Crippen LogP contribution in [0.4, 0.5) is 4.39 Å². The highest BCUT2D eigenvalue weighted by atomic mass is 35.5. The fourth-order valence-electron chi connectivity index (χ4n) is 2.37. The Kier molecular flexibility index (Phi) is 4.38. The molecule has 0 bridgehead atoms. The molecule has 0 spiro atoms. The number of hydrogen-bond acceptors (Lipinski definition) is 4. The number of rotatable bonds is 4. The minimum absolute atomic E-state index is 0.287. The van der Waals surface area contributed by atoms with Crippen LogP contribution < -0.4 is 0 Å². The van der Waals surface area contributed by atoms with E-state index in [1.54, 1.807) is 28.4 Å². The average Bonchev–Trinajstić information content (AvgIpc) is 3.05. The van der Waals surface area contributed by atoms with Crippen molar-refractivity contribution >= 4 is 29.0 Å². The molecule has 0 N–H and O–H groups in total. The average molecular weight is 371 g/mol. The van der Waals surface area contributed by atoms with Crippen LogP contribution in [-0.2, 0) is 5.75 Å². The molecule has 0 fully saturated rings. The zero-order valence-electron chi connectivity index (χ0n) is 12.9. The van der Waals surface area contributed by atoms with Crippen molar-refractivity contribution < 1.29 is 4.39 Å². The molecule has 0 aliphatic carbocycles. The van der Waals surface area contributed by atoms with Gasteiger partial charge < -0.3 is 0 Å². The minimum Gasteiger partial charge on any atom is -0.207 e. The zero-order chi connectivity index (χ0) is 17.2. The van der Waals surface area contributed by atoms with Crippen LogP contribution >= 0.6 is 23.4 Å². The van der Waals surface area contributed by atoms with Crippen LogP contribution in [0.3, 0.4) is 0 Å². The molecule has 4 aromatic rings. The van der Waals surface area contributed by atoms with Crippen molar-refractivity contribution in [3.05, 3.63) is 77.1 Å². The van der Waals surface area contributed by atoms with E-state index in [9.17, 15) is 4.39 Å². The van der Waals surface area contributed by atoms with Gasteiger partial charge in [0.05, 0.1) is 0 Å². The summed E-state index contributed by atoms with van der Waals surface area (Å²) in [7, 11) is 0. The van der Waals surface area contributed by atoms with Crippen LogP contribution in [0.5, 0.6) is 0 Å². The third-order valence-corrected chi connectivity index (χ3v) is 4.88. The lowest BCUT2D eigenvalue weighted by Gasteiger charge is -2.04. The van der Waals surface area contributed by atoms with Gasteiger partial charge in [0.15, 0.2) is 11.5 Å². The molecule has 7 heteroatoms. The van der Waals surface area contributed by atoms with Gasteiger partial charge >= 0.3 is 0 Å². The van der Waals surface area contributed by atoms with Gasteiger partial charge in [-0.15, -0.1) is 10.2 Å². The summed E-state index contributed by atoms with van der Waals surface area (Å²) in [6.45, 7) is 0. The van der Waals surface area contributed by atoms with E-state index < -0.39 is 0 Å². The highest BCUT2D eigenvalue weighted by Gasteiger charge is 2.10. The SMILES string of the molecule is Fc1ccc(-c2nnc3ccc(SCc4ccc(Cl)cc4)nn23)cc1. The molecule has 2 heterocycles. The number of nitrogens with zero attached hydrogens (tertiary/aromatic N) is 4. The molecule has 4 rings (SSSR count). The summed E-state index contributed by atoms with van der Waals surface area (Å²) < 4.78 is 14.8. The van der Waals surface area contributed by atoms with E-state index in [0.29, 0.717) is 11.5 Å². The van der Waals surface area contributed by atoms with Gasteiger partial charge in [-0.05, 0) is 54.1 Å². The van der Waals surface area contributed by atoms with Gasteiger partial charge in [-0.2, -0.15) is 9.61 Å². The third kappa shape index (κ3) is 3.50. The largest absolute Gasteiger partial charge is 0.207 e. The third-order valence-electron chi connectivity index (χ3n) is 3.64. The molecule has 0 aliphatic heterocycles. The number of halogens is 2. The Balaban J connectivity index is 1.61. The number of aromatic nitrogens is 4.